The van der Waals surface area contributed by atoms with Crippen LogP contribution in [0.15, 0.2) is 28.7 Å². The van der Waals surface area contributed by atoms with Crippen molar-refractivity contribution in [1.29, 1.82) is 0 Å². The summed E-state index contributed by atoms with van der Waals surface area (Å²) in [5.41, 5.74) is 1.74. The standard InChI is InChI=1S/C20H27N3O3/c1-14(19(24)21-12-16-7-5-11-25-16)23-10-4-6-15(13-23)20-22-17-8-2-3-9-18(17)26-20/h2-3,8-9,14-16H,4-7,10-13H2,1H3,(H,21,24). The number of likely N-dealkylation sites (tertiary alicyclic amines) is 1. The van der Waals surface area contributed by atoms with Gasteiger partial charge in [0.15, 0.2) is 11.5 Å². The molecule has 1 aromatic heterocycles. The smallest absolute Gasteiger partial charge is 0.237 e. The second-order valence-electron chi connectivity index (χ2n) is 7.41. The van der Waals surface area contributed by atoms with Crippen molar-refractivity contribution in [3.63, 3.8) is 0 Å². The van der Waals surface area contributed by atoms with E-state index in [4.69, 9.17) is 9.15 Å². The normalized spacial score (nSPS) is 25.4. The van der Waals surface area contributed by atoms with E-state index in [1.807, 2.05) is 31.2 Å². The van der Waals surface area contributed by atoms with Gasteiger partial charge in [0.1, 0.15) is 5.52 Å². The number of para-hydroxylation sites is 2. The van der Waals surface area contributed by atoms with Crippen LogP contribution >= 0.6 is 0 Å². The molecule has 3 heterocycles. The highest BCUT2D eigenvalue weighted by Crippen LogP contribution is 2.29. The van der Waals surface area contributed by atoms with Gasteiger partial charge in [-0.1, -0.05) is 12.1 Å². The van der Waals surface area contributed by atoms with Crippen LogP contribution < -0.4 is 5.32 Å². The van der Waals surface area contributed by atoms with Crippen molar-refractivity contribution in [1.82, 2.24) is 15.2 Å². The molecule has 0 saturated carbocycles. The topological polar surface area (TPSA) is 67.6 Å². The van der Waals surface area contributed by atoms with E-state index >= 15 is 0 Å². The Kier molecular flexibility index (Phi) is 5.22. The molecule has 140 valence electrons. The number of ether oxygens (including phenoxy) is 1. The Labute approximate surface area is 153 Å². The lowest BCUT2D eigenvalue weighted by Gasteiger charge is -2.35. The fourth-order valence-electron chi connectivity index (χ4n) is 3.96. The van der Waals surface area contributed by atoms with Crippen LogP contribution in [0, 0.1) is 0 Å². The van der Waals surface area contributed by atoms with Gasteiger partial charge in [-0.2, -0.15) is 0 Å². The van der Waals surface area contributed by atoms with E-state index in [-0.39, 0.29) is 24.0 Å². The van der Waals surface area contributed by atoms with Gasteiger partial charge < -0.3 is 14.5 Å². The minimum absolute atomic E-state index is 0.0821. The second kappa shape index (κ2) is 7.76. The number of amides is 1. The Balaban J connectivity index is 1.36. The van der Waals surface area contributed by atoms with Crippen LogP contribution in [0.4, 0.5) is 0 Å². The Morgan fingerprint density at radius 1 is 1.35 bits per heavy atom. The molecule has 1 amide bonds. The Hall–Kier alpha value is -1.92. The largest absolute Gasteiger partial charge is 0.440 e. The van der Waals surface area contributed by atoms with Gasteiger partial charge in [0.2, 0.25) is 5.91 Å². The molecule has 2 aliphatic rings. The average molecular weight is 357 g/mol. The van der Waals surface area contributed by atoms with Gasteiger partial charge in [-0.15, -0.1) is 0 Å². The molecule has 6 heteroatoms. The fraction of sp³-hybridized carbons (Fsp3) is 0.600. The van der Waals surface area contributed by atoms with Crippen LogP contribution in [0.3, 0.4) is 0 Å². The minimum Gasteiger partial charge on any atom is -0.440 e. The predicted molar refractivity (Wildman–Crippen MR) is 99.0 cm³/mol. The second-order valence-corrected chi connectivity index (χ2v) is 7.41. The lowest BCUT2D eigenvalue weighted by molar-refractivity contribution is -0.126. The van der Waals surface area contributed by atoms with Crippen LogP contribution in [-0.4, -0.2) is 54.2 Å². The molecule has 2 saturated heterocycles. The fourth-order valence-corrected chi connectivity index (χ4v) is 3.96. The maximum Gasteiger partial charge on any atom is 0.237 e. The molecule has 3 unspecified atom stereocenters. The Morgan fingerprint density at radius 2 is 2.23 bits per heavy atom. The Bertz CT molecular complexity index is 721. The van der Waals surface area contributed by atoms with Gasteiger partial charge in [-0.25, -0.2) is 4.98 Å². The van der Waals surface area contributed by atoms with Crippen LogP contribution in [-0.2, 0) is 9.53 Å². The number of nitrogens with one attached hydrogen (secondary N) is 1. The number of oxazole rings is 1. The Morgan fingerprint density at radius 3 is 3.04 bits per heavy atom. The number of hydrogen-bond acceptors (Lipinski definition) is 5. The zero-order valence-electron chi connectivity index (χ0n) is 15.3. The van der Waals surface area contributed by atoms with Gasteiger partial charge in [-0.05, 0) is 51.3 Å². The molecule has 4 rings (SSSR count). The number of carbonyl (C=O) groups is 1. The molecule has 26 heavy (non-hydrogen) atoms. The van der Waals surface area contributed by atoms with E-state index in [0.29, 0.717) is 6.54 Å². The number of piperidine rings is 1. The lowest BCUT2D eigenvalue weighted by Crippen LogP contribution is -2.49. The van der Waals surface area contributed by atoms with Crippen LogP contribution in [0.2, 0.25) is 0 Å². The predicted octanol–water partition coefficient (Wildman–Crippen LogP) is 2.69. The highest BCUT2D eigenvalue weighted by atomic mass is 16.5. The van der Waals surface area contributed by atoms with Gasteiger partial charge in [-0.3, -0.25) is 9.69 Å². The maximum atomic E-state index is 12.5. The summed E-state index contributed by atoms with van der Waals surface area (Å²) in [6.45, 7) is 5.16. The lowest BCUT2D eigenvalue weighted by atomic mass is 9.96. The number of benzene rings is 1. The summed E-state index contributed by atoms with van der Waals surface area (Å²) < 4.78 is 11.5. The molecule has 2 fully saturated rings. The maximum absolute atomic E-state index is 12.5. The molecular formula is C20H27N3O3. The van der Waals surface area contributed by atoms with E-state index in [0.717, 1.165) is 62.4 Å². The number of hydrogen-bond donors (Lipinski definition) is 1. The first-order chi connectivity index (χ1) is 12.7. The molecule has 0 spiro atoms. The first-order valence-electron chi connectivity index (χ1n) is 9.69. The van der Waals surface area contributed by atoms with Crippen molar-refractivity contribution >= 4 is 17.0 Å². The molecule has 6 nitrogen and oxygen atoms in total. The number of carbonyl (C=O) groups excluding carboxylic acids is 1. The zero-order valence-corrected chi connectivity index (χ0v) is 15.3. The summed E-state index contributed by atoms with van der Waals surface area (Å²) in [6, 6.07) is 7.72. The quantitative estimate of drug-likeness (QED) is 0.891. The molecule has 1 aromatic carbocycles. The van der Waals surface area contributed by atoms with Crippen LogP contribution in [0.25, 0.3) is 11.1 Å². The minimum atomic E-state index is -0.149. The highest BCUT2D eigenvalue weighted by molar-refractivity contribution is 5.81. The van der Waals surface area contributed by atoms with E-state index in [1.165, 1.54) is 0 Å². The van der Waals surface area contributed by atoms with E-state index in [1.54, 1.807) is 0 Å². The van der Waals surface area contributed by atoms with Gasteiger partial charge in [0.25, 0.3) is 0 Å². The van der Waals surface area contributed by atoms with Crippen molar-refractivity contribution in [2.24, 2.45) is 0 Å². The van der Waals surface area contributed by atoms with E-state index < -0.39 is 0 Å². The van der Waals surface area contributed by atoms with Crippen molar-refractivity contribution in [2.45, 2.75) is 50.7 Å². The number of aromatic nitrogens is 1. The summed E-state index contributed by atoms with van der Waals surface area (Å²) in [7, 11) is 0. The monoisotopic (exact) mass is 357 g/mol. The molecule has 0 aliphatic carbocycles. The molecule has 2 aliphatic heterocycles. The SMILES string of the molecule is CC(C(=O)NCC1CCCO1)N1CCCC(c2nc3ccccc3o2)C1. The first-order valence-corrected chi connectivity index (χ1v) is 9.69. The average Bonchev–Trinajstić information content (AvgIpc) is 3.35. The molecular weight excluding hydrogens is 330 g/mol. The van der Waals surface area contributed by atoms with Crippen LogP contribution in [0.1, 0.15) is 44.4 Å². The summed E-state index contributed by atoms with van der Waals surface area (Å²) in [5.74, 6) is 1.12. The van der Waals surface area contributed by atoms with Gasteiger partial charge in [0.05, 0.1) is 12.1 Å². The summed E-state index contributed by atoms with van der Waals surface area (Å²) in [5, 5.41) is 3.05. The molecule has 0 radical (unpaired) electrons. The van der Waals surface area contributed by atoms with Crippen molar-refractivity contribution < 1.29 is 13.9 Å². The third-order valence-corrected chi connectivity index (χ3v) is 5.57. The number of fused-ring (bicyclic) bond motifs is 1. The highest BCUT2D eigenvalue weighted by Gasteiger charge is 2.31. The van der Waals surface area contributed by atoms with Gasteiger partial charge >= 0.3 is 0 Å². The van der Waals surface area contributed by atoms with Gasteiger partial charge in [0, 0.05) is 25.6 Å². The number of rotatable bonds is 5. The third-order valence-electron chi connectivity index (χ3n) is 5.57. The van der Waals surface area contributed by atoms with Crippen molar-refractivity contribution in [3.8, 4) is 0 Å². The van der Waals surface area contributed by atoms with E-state index in [2.05, 4.69) is 15.2 Å². The van der Waals surface area contributed by atoms with E-state index in [9.17, 15) is 4.79 Å². The summed E-state index contributed by atoms with van der Waals surface area (Å²) in [6.07, 6.45) is 4.41. The molecule has 0 bridgehead atoms. The number of nitrogens with zero attached hydrogens (tertiary/aromatic N) is 2. The molecule has 2 aromatic rings. The summed E-state index contributed by atoms with van der Waals surface area (Å²) in [4.78, 5) is 19.4. The third kappa shape index (κ3) is 3.76. The first kappa shape index (κ1) is 17.5. The summed E-state index contributed by atoms with van der Waals surface area (Å²) >= 11 is 0. The van der Waals surface area contributed by atoms with Crippen molar-refractivity contribution in [2.75, 3.05) is 26.2 Å². The van der Waals surface area contributed by atoms with Crippen molar-refractivity contribution in [3.05, 3.63) is 30.2 Å². The zero-order chi connectivity index (χ0) is 17.9. The van der Waals surface area contributed by atoms with Crippen LogP contribution in [0.5, 0.6) is 0 Å². The molecule has 3 atom stereocenters. The molecule has 1 N–H and O–H groups in total.